The Hall–Kier alpha value is -2.82. The maximum atomic E-state index is 12.0. The largest absolute Gasteiger partial charge is 0.492 e. The first-order valence-corrected chi connectivity index (χ1v) is 8.01. The van der Waals surface area contributed by atoms with Gasteiger partial charge in [-0.2, -0.15) is 0 Å². The molecule has 0 aliphatic carbocycles. The summed E-state index contributed by atoms with van der Waals surface area (Å²) in [5.74, 6) is 0.382. The van der Waals surface area contributed by atoms with E-state index in [9.17, 15) is 9.59 Å². The number of hydrogen-bond donors (Lipinski definition) is 2. The van der Waals surface area contributed by atoms with Crippen LogP contribution in [0.2, 0.25) is 0 Å². The second kappa shape index (κ2) is 9.35. The summed E-state index contributed by atoms with van der Waals surface area (Å²) in [6, 6.07) is 16.8. The lowest BCUT2D eigenvalue weighted by Crippen LogP contribution is -2.28. The Balaban J connectivity index is 1.74. The molecule has 5 nitrogen and oxygen atoms in total. The molecule has 0 aromatic heterocycles. The number of nitrogens with one attached hydrogen (secondary N) is 2. The van der Waals surface area contributed by atoms with E-state index in [-0.39, 0.29) is 18.2 Å². The fourth-order valence-electron chi connectivity index (χ4n) is 2.22. The van der Waals surface area contributed by atoms with Crippen molar-refractivity contribution in [1.82, 2.24) is 5.32 Å². The van der Waals surface area contributed by atoms with E-state index in [0.29, 0.717) is 31.0 Å². The van der Waals surface area contributed by atoms with Crippen LogP contribution in [0.4, 0.5) is 5.69 Å². The lowest BCUT2D eigenvalue weighted by molar-refractivity contribution is -0.120. The normalized spacial score (nSPS) is 10.0. The lowest BCUT2D eigenvalue weighted by atomic mass is 10.1. The fourth-order valence-corrected chi connectivity index (χ4v) is 2.22. The first-order valence-electron chi connectivity index (χ1n) is 8.01. The highest BCUT2D eigenvalue weighted by Gasteiger charge is 2.08. The number of para-hydroxylation sites is 2. The van der Waals surface area contributed by atoms with Gasteiger partial charge in [0.25, 0.3) is 0 Å². The van der Waals surface area contributed by atoms with Crippen molar-refractivity contribution in [1.29, 1.82) is 0 Å². The molecule has 2 aromatic rings. The molecule has 0 aliphatic heterocycles. The van der Waals surface area contributed by atoms with Gasteiger partial charge in [0, 0.05) is 13.0 Å². The lowest BCUT2D eigenvalue weighted by Gasteiger charge is -2.11. The minimum atomic E-state index is -0.165. The van der Waals surface area contributed by atoms with Crippen molar-refractivity contribution < 1.29 is 14.3 Å². The number of benzene rings is 2. The number of rotatable bonds is 8. The van der Waals surface area contributed by atoms with Crippen molar-refractivity contribution in [3.63, 3.8) is 0 Å². The molecule has 24 heavy (non-hydrogen) atoms. The number of carbonyl (C=O) groups excluding carboxylic acids is 2. The molecule has 0 saturated carbocycles. The SMILES string of the molecule is CCOc1ccccc1NC(=O)CCNC(=O)Cc1ccccc1. The number of hydrogen-bond acceptors (Lipinski definition) is 3. The third-order valence-electron chi connectivity index (χ3n) is 3.34. The highest BCUT2D eigenvalue weighted by atomic mass is 16.5. The zero-order chi connectivity index (χ0) is 17.2. The molecule has 5 heteroatoms. The number of carbonyl (C=O) groups is 2. The molecular formula is C19H22N2O3. The van der Waals surface area contributed by atoms with Crippen molar-refractivity contribution in [3.05, 3.63) is 60.2 Å². The average molecular weight is 326 g/mol. The van der Waals surface area contributed by atoms with Gasteiger partial charge in [-0.05, 0) is 24.6 Å². The van der Waals surface area contributed by atoms with E-state index in [2.05, 4.69) is 10.6 Å². The molecular weight excluding hydrogens is 304 g/mol. The zero-order valence-corrected chi connectivity index (χ0v) is 13.7. The summed E-state index contributed by atoms with van der Waals surface area (Å²) in [6.45, 7) is 2.72. The van der Waals surface area contributed by atoms with Gasteiger partial charge in [-0.1, -0.05) is 42.5 Å². The van der Waals surface area contributed by atoms with Gasteiger partial charge >= 0.3 is 0 Å². The Labute approximate surface area is 142 Å². The van der Waals surface area contributed by atoms with Crippen molar-refractivity contribution in [2.24, 2.45) is 0 Å². The topological polar surface area (TPSA) is 67.4 Å². The van der Waals surface area contributed by atoms with Gasteiger partial charge in [-0.25, -0.2) is 0 Å². The van der Waals surface area contributed by atoms with Crippen LogP contribution < -0.4 is 15.4 Å². The Morgan fingerprint density at radius 1 is 0.958 bits per heavy atom. The number of ether oxygens (including phenoxy) is 1. The van der Waals surface area contributed by atoms with E-state index in [1.807, 2.05) is 49.4 Å². The van der Waals surface area contributed by atoms with Crippen LogP contribution >= 0.6 is 0 Å². The quantitative estimate of drug-likeness (QED) is 0.784. The van der Waals surface area contributed by atoms with Gasteiger partial charge in [-0.3, -0.25) is 9.59 Å². The third-order valence-corrected chi connectivity index (χ3v) is 3.34. The van der Waals surface area contributed by atoms with Crippen LogP contribution in [-0.2, 0) is 16.0 Å². The number of anilines is 1. The molecule has 0 saturated heterocycles. The van der Waals surface area contributed by atoms with Gasteiger partial charge in [0.15, 0.2) is 0 Å². The molecule has 0 spiro atoms. The Morgan fingerprint density at radius 3 is 2.42 bits per heavy atom. The predicted molar refractivity (Wildman–Crippen MR) is 94.0 cm³/mol. The molecule has 2 rings (SSSR count). The number of amides is 2. The maximum absolute atomic E-state index is 12.0. The van der Waals surface area contributed by atoms with Gasteiger partial charge in [0.1, 0.15) is 5.75 Å². The van der Waals surface area contributed by atoms with Gasteiger partial charge in [0.05, 0.1) is 18.7 Å². The fraction of sp³-hybridized carbons (Fsp3) is 0.263. The molecule has 0 aliphatic rings. The molecule has 0 unspecified atom stereocenters. The van der Waals surface area contributed by atoms with Crippen LogP contribution in [0.15, 0.2) is 54.6 Å². The van der Waals surface area contributed by atoms with Crippen LogP contribution in [0.5, 0.6) is 5.75 Å². The van der Waals surface area contributed by atoms with E-state index in [1.165, 1.54) is 0 Å². The molecule has 2 aromatic carbocycles. The van der Waals surface area contributed by atoms with Crippen LogP contribution in [0, 0.1) is 0 Å². The minimum absolute atomic E-state index is 0.0938. The highest BCUT2D eigenvalue weighted by molar-refractivity contribution is 5.92. The molecule has 126 valence electrons. The maximum Gasteiger partial charge on any atom is 0.226 e. The molecule has 2 amide bonds. The Bertz CT molecular complexity index is 671. The summed E-state index contributed by atoms with van der Waals surface area (Å²) in [7, 11) is 0. The first kappa shape index (κ1) is 17.5. The first-order chi connectivity index (χ1) is 11.7. The molecule has 0 bridgehead atoms. The molecule has 2 N–H and O–H groups in total. The van der Waals surface area contributed by atoms with E-state index in [4.69, 9.17) is 4.74 Å². The summed E-state index contributed by atoms with van der Waals surface area (Å²) < 4.78 is 5.46. The highest BCUT2D eigenvalue weighted by Crippen LogP contribution is 2.23. The van der Waals surface area contributed by atoms with E-state index in [0.717, 1.165) is 5.56 Å². The smallest absolute Gasteiger partial charge is 0.226 e. The summed E-state index contributed by atoms with van der Waals surface area (Å²) in [5, 5.41) is 5.56. The van der Waals surface area contributed by atoms with Crippen molar-refractivity contribution in [2.45, 2.75) is 19.8 Å². The van der Waals surface area contributed by atoms with E-state index >= 15 is 0 Å². The molecule has 0 fully saturated rings. The van der Waals surface area contributed by atoms with E-state index in [1.54, 1.807) is 12.1 Å². The Kier molecular flexibility index (Phi) is 6.83. The standard InChI is InChI=1S/C19H22N2O3/c1-2-24-17-11-7-6-10-16(17)21-18(22)12-13-20-19(23)14-15-8-4-3-5-9-15/h3-11H,2,12-14H2,1H3,(H,20,23)(H,21,22). The molecule has 0 heterocycles. The average Bonchev–Trinajstić information content (AvgIpc) is 2.58. The van der Waals surface area contributed by atoms with Crippen LogP contribution in [0.3, 0.4) is 0 Å². The molecule has 0 atom stereocenters. The summed E-state index contributed by atoms with van der Waals surface area (Å²) in [6.07, 6.45) is 0.524. The summed E-state index contributed by atoms with van der Waals surface area (Å²) >= 11 is 0. The third kappa shape index (κ3) is 5.76. The predicted octanol–water partition coefficient (Wildman–Crippen LogP) is 2.77. The van der Waals surface area contributed by atoms with Crippen molar-refractivity contribution >= 4 is 17.5 Å². The van der Waals surface area contributed by atoms with Crippen molar-refractivity contribution in [2.75, 3.05) is 18.5 Å². The van der Waals surface area contributed by atoms with Crippen LogP contribution in [0.25, 0.3) is 0 Å². The van der Waals surface area contributed by atoms with Gasteiger partial charge in [0.2, 0.25) is 11.8 Å². The van der Waals surface area contributed by atoms with Gasteiger partial charge < -0.3 is 15.4 Å². The minimum Gasteiger partial charge on any atom is -0.492 e. The van der Waals surface area contributed by atoms with Crippen molar-refractivity contribution in [3.8, 4) is 5.75 Å². The van der Waals surface area contributed by atoms with Crippen LogP contribution in [0.1, 0.15) is 18.9 Å². The summed E-state index contributed by atoms with van der Waals surface area (Å²) in [5.41, 5.74) is 1.59. The summed E-state index contributed by atoms with van der Waals surface area (Å²) in [4.78, 5) is 23.8. The van der Waals surface area contributed by atoms with E-state index < -0.39 is 0 Å². The Morgan fingerprint density at radius 2 is 1.67 bits per heavy atom. The second-order valence-electron chi connectivity index (χ2n) is 5.24. The van der Waals surface area contributed by atoms with Crippen LogP contribution in [-0.4, -0.2) is 25.0 Å². The second-order valence-corrected chi connectivity index (χ2v) is 5.24. The van der Waals surface area contributed by atoms with Gasteiger partial charge in [-0.15, -0.1) is 0 Å². The monoisotopic (exact) mass is 326 g/mol. The zero-order valence-electron chi connectivity index (χ0n) is 13.7. The molecule has 0 radical (unpaired) electrons.